The molecule has 7 nitrogen and oxygen atoms in total. The number of fused-ring (bicyclic) bond motifs is 1. The van der Waals surface area contributed by atoms with Gasteiger partial charge in [-0.25, -0.2) is 4.79 Å². The number of carbonyl (C=O) groups excluding carboxylic acids is 1. The van der Waals surface area contributed by atoms with E-state index in [2.05, 4.69) is 28.9 Å². The van der Waals surface area contributed by atoms with E-state index in [1.165, 1.54) is 24.8 Å². The number of hydrogen-bond donors (Lipinski definition) is 1. The first-order valence-electron chi connectivity index (χ1n) is 10.0. The Morgan fingerprint density at radius 1 is 1.18 bits per heavy atom. The molecule has 1 fully saturated rings. The Kier molecular flexibility index (Phi) is 7.56. The molecule has 0 spiro atoms. The van der Waals surface area contributed by atoms with Crippen LogP contribution < -0.4 is 4.74 Å². The molecule has 1 aromatic heterocycles. The molecular weight excluding hydrogens is 358 g/mol. The molecule has 28 heavy (non-hydrogen) atoms. The zero-order chi connectivity index (χ0) is 19.8. The van der Waals surface area contributed by atoms with Crippen LogP contribution in [0.4, 0.5) is 4.79 Å². The van der Waals surface area contributed by atoms with Crippen LogP contribution >= 0.6 is 0 Å². The first-order chi connectivity index (χ1) is 13.6. The van der Waals surface area contributed by atoms with Gasteiger partial charge in [-0.1, -0.05) is 12.5 Å². The number of piperidine rings is 1. The Hall–Kier alpha value is -2.25. The Morgan fingerprint density at radius 3 is 2.79 bits per heavy atom. The second-order valence-electron chi connectivity index (χ2n) is 7.45. The molecule has 1 aliphatic heterocycles. The SMILES string of the molecule is CN(C)CCc1c[nH]c2cccc(OCOC(=O)OCCN3CCCCC3)c12. The minimum absolute atomic E-state index is 0.167. The molecule has 1 aliphatic rings. The Balaban J connectivity index is 1.45. The van der Waals surface area contributed by atoms with Crippen LogP contribution in [0, 0.1) is 0 Å². The number of hydrogen-bond acceptors (Lipinski definition) is 6. The topological polar surface area (TPSA) is 67.0 Å². The maximum Gasteiger partial charge on any atom is 0.511 e. The van der Waals surface area contributed by atoms with E-state index < -0.39 is 6.16 Å². The molecule has 2 heterocycles. The first kappa shape index (κ1) is 20.5. The van der Waals surface area contributed by atoms with Gasteiger partial charge >= 0.3 is 6.16 Å². The van der Waals surface area contributed by atoms with Crippen LogP contribution in [0.15, 0.2) is 24.4 Å². The minimum atomic E-state index is -0.689. The number of benzene rings is 1. The van der Waals surface area contributed by atoms with E-state index >= 15 is 0 Å². The van der Waals surface area contributed by atoms with Gasteiger partial charge in [-0.3, -0.25) is 4.90 Å². The van der Waals surface area contributed by atoms with Gasteiger partial charge in [0.2, 0.25) is 6.79 Å². The number of carbonyl (C=O) groups is 1. The summed E-state index contributed by atoms with van der Waals surface area (Å²) in [6.45, 7) is 4.05. The molecule has 1 saturated heterocycles. The standard InChI is InChI=1S/C21H31N3O4/c1-23(2)12-9-17-15-22-18-7-6-8-19(20(17)18)27-16-28-21(25)26-14-13-24-10-4-3-5-11-24/h6-8,15,22H,3-5,9-14,16H2,1-2H3. The lowest BCUT2D eigenvalue weighted by molar-refractivity contribution is 0.00121. The molecule has 3 rings (SSSR count). The van der Waals surface area contributed by atoms with Gasteiger partial charge in [0.1, 0.15) is 12.4 Å². The number of H-pyrrole nitrogens is 1. The van der Waals surface area contributed by atoms with E-state index in [-0.39, 0.29) is 6.79 Å². The van der Waals surface area contributed by atoms with Gasteiger partial charge in [0, 0.05) is 30.2 Å². The largest absolute Gasteiger partial charge is 0.511 e. The minimum Gasteiger partial charge on any atom is -0.457 e. The number of nitrogens with one attached hydrogen (secondary N) is 1. The maximum absolute atomic E-state index is 11.8. The molecule has 0 aliphatic carbocycles. The first-order valence-corrected chi connectivity index (χ1v) is 10.0. The van der Waals surface area contributed by atoms with Gasteiger partial charge in [0.05, 0.1) is 0 Å². The van der Waals surface area contributed by atoms with E-state index in [0.717, 1.165) is 43.5 Å². The van der Waals surface area contributed by atoms with Crippen LogP contribution in [0.1, 0.15) is 24.8 Å². The van der Waals surface area contributed by atoms with Gasteiger partial charge in [-0.15, -0.1) is 0 Å². The predicted octanol–water partition coefficient (Wildman–Crippen LogP) is 3.25. The molecule has 7 heteroatoms. The summed E-state index contributed by atoms with van der Waals surface area (Å²) in [5.41, 5.74) is 2.19. The molecule has 0 amide bonds. The molecule has 0 unspecified atom stereocenters. The molecule has 1 aromatic carbocycles. The highest BCUT2D eigenvalue weighted by Crippen LogP contribution is 2.29. The number of ether oxygens (including phenoxy) is 3. The molecule has 0 atom stereocenters. The van der Waals surface area contributed by atoms with Gasteiger partial charge in [-0.05, 0) is 64.1 Å². The van der Waals surface area contributed by atoms with Crippen molar-refractivity contribution in [2.75, 3.05) is 53.7 Å². The quantitative estimate of drug-likeness (QED) is 0.525. The van der Waals surface area contributed by atoms with E-state index in [1.807, 2.05) is 24.4 Å². The van der Waals surface area contributed by atoms with Crippen LogP contribution in [0.3, 0.4) is 0 Å². The number of nitrogens with zero attached hydrogens (tertiary/aromatic N) is 2. The summed E-state index contributed by atoms with van der Waals surface area (Å²) in [4.78, 5) is 19.5. The molecule has 0 saturated carbocycles. The fraction of sp³-hybridized carbons (Fsp3) is 0.571. The monoisotopic (exact) mass is 389 g/mol. The molecule has 0 radical (unpaired) electrons. The highest BCUT2D eigenvalue weighted by molar-refractivity contribution is 5.89. The predicted molar refractivity (Wildman–Crippen MR) is 109 cm³/mol. The third-order valence-electron chi connectivity index (χ3n) is 5.04. The van der Waals surface area contributed by atoms with Crippen LogP contribution in [0.25, 0.3) is 10.9 Å². The van der Waals surface area contributed by atoms with Crippen molar-refractivity contribution in [2.45, 2.75) is 25.7 Å². The Labute approximate surface area is 166 Å². The van der Waals surface area contributed by atoms with Crippen molar-refractivity contribution in [3.8, 4) is 5.75 Å². The summed E-state index contributed by atoms with van der Waals surface area (Å²) in [6.07, 6.45) is 5.97. The Bertz CT molecular complexity index is 753. The van der Waals surface area contributed by atoms with Gasteiger partial charge in [-0.2, -0.15) is 0 Å². The highest BCUT2D eigenvalue weighted by atomic mass is 16.8. The smallest absolute Gasteiger partial charge is 0.457 e. The van der Waals surface area contributed by atoms with E-state index in [4.69, 9.17) is 14.2 Å². The lowest BCUT2D eigenvalue weighted by atomic mass is 10.1. The number of aromatic nitrogens is 1. The maximum atomic E-state index is 11.8. The highest BCUT2D eigenvalue weighted by Gasteiger charge is 2.13. The number of rotatable bonds is 9. The lowest BCUT2D eigenvalue weighted by Crippen LogP contribution is -2.33. The Morgan fingerprint density at radius 2 is 2.00 bits per heavy atom. The fourth-order valence-electron chi connectivity index (χ4n) is 3.50. The summed E-state index contributed by atoms with van der Waals surface area (Å²) in [7, 11) is 4.11. The second-order valence-corrected chi connectivity index (χ2v) is 7.45. The summed E-state index contributed by atoms with van der Waals surface area (Å²) >= 11 is 0. The second kappa shape index (κ2) is 10.3. The molecule has 2 aromatic rings. The van der Waals surface area contributed by atoms with Crippen LogP contribution in [-0.4, -0.2) is 74.6 Å². The average molecular weight is 389 g/mol. The van der Waals surface area contributed by atoms with Crippen LogP contribution in [-0.2, 0) is 15.9 Å². The molecule has 154 valence electrons. The van der Waals surface area contributed by atoms with Crippen molar-refractivity contribution in [3.63, 3.8) is 0 Å². The van der Waals surface area contributed by atoms with E-state index in [9.17, 15) is 4.79 Å². The van der Waals surface area contributed by atoms with Gasteiger partial charge in [0.25, 0.3) is 0 Å². The zero-order valence-corrected chi connectivity index (χ0v) is 16.9. The summed E-state index contributed by atoms with van der Waals surface area (Å²) < 4.78 is 16.0. The molecule has 0 bridgehead atoms. The van der Waals surface area contributed by atoms with Crippen molar-refractivity contribution >= 4 is 17.1 Å². The van der Waals surface area contributed by atoms with Crippen LogP contribution in [0.2, 0.25) is 0 Å². The van der Waals surface area contributed by atoms with Gasteiger partial charge in [0.15, 0.2) is 0 Å². The number of aromatic amines is 1. The summed E-state index contributed by atoms with van der Waals surface area (Å²) in [5.74, 6) is 0.702. The van der Waals surface area contributed by atoms with Gasteiger partial charge < -0.3 is 24.1 Å². The molecular formula is C21H31N3O4. The zero-order valence-electron chi connectivity index (χ0n) is 16.9. The summed E-state index contributed by atoms with van der Waals surface area (Å²) in [5, 5.41) is 1.03. The van der Waals surface area contributed by atoms with Crippen molar-refractivity contribution in [2.24, 2.45) is 0 Å². The van der Waals surface area contributed by atoms with E-state index in [1.54, 1.807) is 0 Å². The summed E-state index contributed by atoms with van der Waals surface area (Å²) in [6, 6.07) is 5.82. The van der Waals surface area contributed by atoms with Crippen molar-refractivity contribution in [3.05, 3.63) is 30.0 Å². The van der Waals surface area contributed by atoms with E-state index in [0.29, 0.717) is 12.4 Å². The fourth-order valence-corrected chi connectivity index (χ4v) is 3.50. The third kappa shape index (κ3) is 5.87. The lowest BCUT2D eigenvalue weighted by Gasteiger charge is -2.25. The number of likely N-dealkylation sites (tertiary alicyclic amines) is 1. The van der Waals surface area contributed by atoms with Crippen LogP contribution in [0.5, 0.6) is 5.75 Å². The molecule has 1 N–H and O–H groups in total. The number of likely N-dealkylation sites (N-methyl/N-ethyl adjacent to an activating group) is 1. The third-order valence-corrected chi connectivity index (χ3v) is 5.04. The normalized spacial score (nSPS) is 15.1. The van der Waals surface area contributed by atoms with Crippen molar-refractivity contribution in [1.29, 1.82) is 0 Å². The van der Waals surface area contributed by atoms with Crippen molar-refractivity contribution in [1.82, 2.24) is 14.8 Å². The average Bonchev–Trinajstić information content (AvgIpc) is 3.11. The van der Waals surface area contributed by atoms with Crippen molar-refractivity contribution < 1.29 is 19.0 Å².